The summed E-state index contributed by atoms with van der Waals surface area (Å²) < 4.78 is 5.39. The molecule has 0 aliphatic carbocycles. The van der Waals surface area contributed by atoms with Crippen LogP contribution in [0.1, 0.15) is 22.9 Å². The molecule has 3 aromatic rings. The van der Waals surface area contributed by atoms with Crippen molar-refractivity contribution in [2.24, 2.45) is 0 Å². The third kappa shape index (κ3) is 3.57. The van der Waals surface area contributed by atoms with Crippen molar-refractivity contribution in [1.29, 1.82) is 0 Å². The SMILES string of the molecule is COc1ccccc1Nc1nc(C2=CCC(c3ccccc3)S2)cs1. The first-order valence-electron chi connectivity index (χ1n) is 8.11. The first kappa shape index (κ1) is 16.2. The molecule has 0 bridgehead atoms. The predicted octanol–water partition coefficient (Wildman–Crippen LogP) is 6.11. The lowest BCUT2D eigenvalue weighted by Gasteiger charge is -2.09. The molecule has 0 saturated carbocycles. The summed E-state index contributed by atoms with van der Waals surface area (Å²) in [5, 5.41) is 6.84. The second-order valence-electron chi connectivity index (χ2n) is 5.68. The summed E-state index contributed by atoms with van der Waals surface area (Å²) in [7, 11) is 1.68. The van der Waals surface area contributed by atoms with Gasteiger partial charge < -0.3 is 10.1 Å². The molecular formula is C20H18N2OS2. The summed E-state index contributed by atoms with van der Waals surface area (Å²) in [4.78, 5) is 6.02. The number of aromatic nitrogens is 1. The van der Waals surface area contributed by atoms with E-state index in [-0.39, 0.29) is 0 Å². The quantitative estimate of drug-likeness (QED) is 0.590. The fraction of sp³-hybridized carbons (Fsp3) is 0.150. The van der Waals surface area contributed by atoms with Crippen molar-refractivity contribution >= 4 is 38.8 Å². The van der Waals surface area contributed by atoms with Crippen LogP contribution in [0.3, 0.4) is 0 Å². The number of benzene rings is 2. The minimum Gasteiger partial charge on any atom is -0.495 e. The Labute approximate surface area is 155 Å². The average Bonchev–Trinajstić information content (AvgIpc) is 3.32. The van der Waals surface area contributed by atoms with Crippen LogP contribution in [-0.2, 0) is 0 Å². The Morgan fingerprint density at radius 2 is 1.88 bits per heavy atom. The van der Waals surface area contributed by atoms with E-state index >= 15 is 0 Å². The van der Waals surface area contributed by atoms with Gasteiger partial charge in [0.1, 0.15) is 5.75 Å². The van der Waals surface area contributed by atoms with Crippen LogP contribution in [0.5, 0.6) is 5.75 Å². The van der Waals surface area contributed by atoms with Gasteiger partial charge in [-0.2, -0.15) is 0 Å². The van der Waals surface area contributed by atoms with Gasteiger partial charge in [0.2, 0.25) is 0 Å². The van der Waals surface area contributed by atoms with Gasteiger partial charge in [-0.05, 0) is 24.1 Å². The number of para-hydroxylation sites is 2. The van der Waals surface area contributed by atoms with Gasteiger partial charge in [0.25, 0.3) is 0 Å². The van der Waals surface area contributed by atoms with Gasteiger partial charge in [-0.1, -0.05) is 48.5 Å². The molecule has 126 valence electrons. The Kier molecular flexibility index (Phi) is 4.76. The normalized spacial score (nSPS) is 16.5. The van der Waals surface area contributed by atoms with Gasteiger partial charge in [0.15, 0.2) is 5.13 Å². The van der Waals surface area contributed by atoms with Gasteiger partial charge >= 0.3 is 0 Å². The molecule has 0 fully saturated rings. The Balaban J connectivity index is 1.47. The second-order valence-corrected chi connectivity index (χ2v) is 7.79. The molecule has 0 spiro atoms. The number of hydrogen-bond donors (Lipinski definition) is 1. The fourth-order valence-electron chi connectivity index (χ4n) is 2.81. The van der Waals surface area contributed by atoms with Crippen molar-refractivity contribution in [3.8, 4) is 5.75 Å². The molecule has 0 saturated heterocycles. The highest BCUT2D eigenvalue weighted by Gasteiger charge is 2.22. The fourth-order valence-corrected chi connectivity index (χ4v) is 4.82. The van der Waals surface area contributed by atoms with E-state index in [1.165, 1.54) is 10.5 Å². The Hall–Kier alpha value is -2.24. The minimum atomic E-state index is 0.489. The summed E-state index contributed by atoms with van der Waals surface area (Å²) >= 11 is 3.51. The maximum absolute atomic E-state index is 5.39. The maximum Gasteiger partial charge on any atom is 0.187 e. The summed E-state index contributed by atoms with van der Waals surface area (Å²) in [5.74, 6) is 0.817. The third-order valence-corrected chi connectivity index (χ3v) is 6.20. The van der Waals surface area contributed by atoms with E-state index in [9.17, 15) is 0 Å². The molecule has 1 atom stereocenters. The summed E-state index contributed by atoms with van der Waals surface area (Å²) in [6, 6.07) is 18.5. The van der Waals surface area contributed by atoms with Gasteiger partial charge in [0.05, 0.1) is 18.5 Å². The van der Waals surface area contributed by atoms with Gasteiger partial charge in [-0.3, -0.25) is 0 Å². The molecule has 1 aliphatic heterocycles. The lowest BCUT2D eigenvalue weighted by atomic mass is 10.1. The highest BCUT2D eigenvalue weighted by molar-refractivity contribution is 8.08. The molecule has 2 heterocycles. The molecule has 25 heavy (non-hydrogen) atoms. The molecule has 1 unspecified atom stereocenters. The van der Waals surface area contributed by atoms with Crippen molar-refractivity contribution in [2.45, 2.75) is 11.7 Å². The summed E-state index contributed by atoms with van der Waals surface area (Å²) in [6.45, 7) is 0. The lowest BCUT2D eigenvalue weighted by molar-refractivity contribution is 0.417. The van der Waals surface area contributed by atoms with Crippen LogP contribution >= 0.6 is 23.1 Å². The van der Waals surface area contributed by atoms with Gasteiger partial charge in [-0.15, -0.1) is 23.1 Å². The zero-order chi connectivity index (χ0) is 17.1. The maximum atomic E-state index is 5.39. The number of anilines is 2. The van der Waals surface area contributed by atoms with Crippen molar-refractivity contribution < 1.29 is 4.74 Å². The zero-order valence-electron chi connectivity index (χ0n) is 13.8. The van der Waals surface area contributed by atoms with Crippen LogP contribution in [0.15, 0.2) is 66.1 Å². The van der Waals surface area contributed by atoms with E-state index in [4.69, 9.17) is 9.72 Å². The number of rotatable bonds is 5. The molecule has 1 aliphatic rings. The highest BCUT2D eigenvalue weighted by atomic mass is 32.2. The van der Waals surface area contributed by atoms with E-state index in [0.29, 0.717) is 5.25 Å². The highest BCUT2D eigenvalue weighted by Crippen LogP contribution is 2.48. The topological polar surface area (TPSA) is 34.1 Å². The molecule has 0 amide bonds. The van der Waals surface area contributed by atoms with E-state index in [1.807, 2.05) is 36.0 Å². The molecule has 4 rings (SSSR count). The molecular weight excluding hydrogens is 348 g/mol. The lowest BCUT2D eigenvalue weighted by Crippen LogP contribution is -1.94. The summed E-state index contributed by atoms with van der Waals surface area (Å²) in [6.07, 6.45) is 3.35. The number of thiazole rings is 1. The van der Waals surface area contributed by atoms with Gasteiger partial charge in [-0.25, -0.2) is 4.98 Å². The van der Waals surface area contributed by atoms with Crippen LogP contribution in [0, 0.1) is 0 Å². The van der Waals surface area contributed by atoms with E-state index in [1.54, 1.807) is 18.4 Å². The van der Waals surface area contributed by atoms with E-state index in [2.05, 4.69) is 47.1 Å². The van der Waals surface area contributed by atoms with Crippen molar-refractivity contribution in [2.75, 3.05) is 12.4 Å². The molecule has 0 radical (unpaired) electrons. The standard InChI is InChI=1S/C20H18N2OS2/c1-23-17-10-6-5-9-15(17)21-20-22-16(13-24-20)19-12-11-18(25-19)14-7-3-2-4-8-14/h2-10,12-13,18H,11H2,1H3,(H,21,22). The first-order chi connectivity index (χ1) is 12.3. The number of ether oxygens (including phenoxy) is 1. The monoisotopic (exact) mass is 366 g/mol. The zero-order valence-corrected chi connectivity index (χ0v) is 15.4. The van der Waals surface area contributed by atoms with Gasteiger partial charge in [0, 0.05) is 15.5 Å². The third-order valence-electron chi connectivity index (χ3n) is 4.06. The Morgan fingerprint density at radius 3 is 2.72 bits per heavy atom. The first-order valence-corrected chi connectivity index (χ1v) is 9.87. The van der Waals surface area contributed by atoms with Crippen LogP contribution in [0.2, 0.25) is 0 Å². The molecule has 1 N–H and O–H groups in total. The number of allylic oxidation sites excluding steroid dienone is 1. The summed E-state index contributed by atoms with van der Waals surface area (Å²) in [5.41, 5.74) is 3.35. The molecule has 5 heteroatoms. The van der Waals surface area contributed by atoms with Crippen molar-refractivity contribution in [3.63, 3.8) is 0 Å². The van der Waals surface area contributed by atoms with Crippen LogP contribution in [-0.4, -0.2) is 12.1 Å². The van der Waals surface area contributed by atoms with Crippen molar-refractivity contribution in [3.05, 3.63) is 77.3 Å². The predicted molar refractivity (Wildman–Crippen MR) is 108 cm³/mol. The van der Waals surface area contributed by atoms with Crippen LogP contribution in [0.4, 0.5) is 10.8 Å². The Morgan fingerprint density at radius 1 is 1.08 bits per heavy atom. The van der Waals surface area contributed by atoms with Crippen molar-refractivity contribution in [1.82, 2.24) is 4.98 Å². The largest absolute Gasteiger partial charge is 0.495 e. The smallest absolute Gasteiger partial charge is 0.187 e. The number of methoxy groups -OCH3 is 1. The average molecular weight is 367 g/mol. The molecule has 1 aromatic heterocycles. The minimum absolute atomic E-state index is 0.489. The number of hydrogen-bond acceptors (Lipinski definition) is 5. The number of thioether (sulfide) groups is 1. The number of nitrogens with zero attached hydrogens (tertiary/aromatic N) is 1. The number of nitrogens with one attached hydrogen (secondary N) is 1. The van der Waals surface area contributed by atoms with Crippen LogP contribution < -0.4 is 10.1 Å². The van der Waals surface area contributed by atoms with Crippen LogP contribution in [0.25, 0.3) is 4.91 Å². The van der Waals surface area contributed by atoms with E-state index in [0.717, 1.165) is 28.7 Å². The molecule has 3 nitrogen and oxygen atoms in total. The second kappa shape index (κ2) is 7.33. The Bertz CT molecular complexity index is 889. The molecule has 2 aromatic carbocycles. The van der Waals surface area contributed by atoms with E-state index < -0.39 is 0 Å².